The summed E-state index contributed by atoms with van der Waals surface area (Å²) < 4.78 is 5.27. The third-order valence-electron chi connectivity index (χ3n) is 5.41. The highest BCUT2D eigenvalue weighted by molar-refractivity contribution is 5.47. The summed E-state index contributed by atoms with van der Waals surface area (Å²) in [6.07, 6.45) is 13.6. The van der Waals surface area contributed by atoms with Gasteiger partial charge in [0, 0.05) is 11.7 Å². The van der Waals surface area contributed by atoms with Crippen molar-refractivity contribution < 1.29 is 4.74 Å². The van der Waals surface area contributed by atoms with Gasteiger partial charge in [-0.2, -0.15) is 0 Å². The van der Waals surface area contributed by atoms with Crippen LogP contribution in [0.2, 0.25) is 0 Å². The predicted molar refractivity (Wildman–Crippen MR) is 111 cm³/mol. The molecule has 1 aliphatic carbocycles. The number of benzene rings is 2. The first kappa shape index (κ1) is 18.6. The minimum absolute atomic E-state index is 0.510. The van der Waals surface area contributed by atoms with Crippen molar-refractivity contribution in [2.45, 2.75) is 51.0 Å². The summed E-state index contributed by atoms with van der Waals surface area (Å²) in [5.41, 5.74) is 2.57. The average Bonchev–Trinajstić information content (AvgIpc) is 2.72. The molecule has 0 radical (unpaired) electrons. The fourth-order valence-electron chi connectivity index (χ4n) is 3.88. The Labute approximate surface area is 158 Å². The fourth-order valence-corrected chi connectivity index (χ4v) is 3.88. The van der Waals surface area contributed by atoms with Gasteiger partial charge in [0.05, 0.1) is 7.11 Å². The molecule has 1 fully saturated rings. The number of nitrogens with one attached hydrogen (secondary N) is 1. The van der Waals surface area contributed by atoms with Crippen molar-refractivity contribution in [2.75, 3.05) is 12.4 Å². The molecule has 2 nitrogen and oxygen atoms in total. The Morgan fingerprint density at radius 1 is 0.962 bits per heavy atom. The first-order valence-corrected chi connectivity index (χ1v) is 9.94. The maximum atomic E-state index is 5.27. The zero-order valence-corrected chi connectivity index (χ0v) is 15.9. The first-order chi connectivity index (χ1) is 12.8. The molecule has 138 valence electrons. The SMILES string of the molecule is COc1ccc(NC(C/C=C/Cc2ccccc2)C2CCCCC2)cc1. The van der Waals surface area contributed by atoms with Crippen molar-refractivity contribution in [3.63, 3.8) is 0 Å². The van der Waals surface area contributed by atoms with Crippen LogP contribution >= 0.6 is 0 Å². The van der Waals surface area contributed by atoms with Crippen molar-refractivity contribution in [3.05, 3.63) is 72.3 Å². The second kappa shape index (κ2) is 10.1. The van der Waals surface area contributed by atoms with Gasteiger partial charge in [0.25, 0.3) is 0 Å². The van der Waals surface area contributed by atoms with E-state index >= 15 is 0 Å². The summed E-state index contributed by atoms with van der Waals surface area (Å²) >= 11 is 0. The van der Waals surface area contributed by atoms with E-state index in [1.165, 1.54) is 43.4 Å². The van der Waals surface area contributed by atoms with E-state index in [1.807, 2.05) is 12.1 Å². The molecular weight excluding hydrogens is 318 g/mol. The predicted octanol–water partition coefficient (Wildman–Crippen LogP) is 6.25. The van der Waals surface area contributed by atoms with E-state index in [-0.39, 0.29) is 0 Å². The summed E-state index contributed by atoms with van der Waals surface area (Å²) in [5.74, 6) is 1.68. The van der Waals surface area contributed by atoms with Crippen LogP contribution in [0.1, 0.15) is 44.1 Å². The van der Waals surface area contributed by atoms with Gasteiger partial charge in [-0.25, -0.2) is 0 Å². The Morgan fingerprint density at radius 3 is 2.38 bits per heavy atom. The van der Waals surface area contributed by atoms with E-state index in [0.29, 0.717) is 6.04 Å². The monoisotopic (exact) mass is 349 g/mol. The van der Waals surface area contributed by atoms with Gasteiger partial charge in [-0.15, -0.1) is 0 Å². The first-order valence-electron chi connectivity index (χ1n) is 9.94. The Morgan fingerprint density at radius 2 is 1.69 bits per heavy atom. The molecule has 2 aromatic rings. The molecule has 0 bridgehead atoms. The van der Waals surface area contributed by atoms with Gasteiger partial charge in [-0.1, -0.05) is 61.7 Å². The largest absolute Gasteiger partial charge is 0.497 e. The molecule has 2 aromatic carbocycles. The Bertz CT molecular complexity index is 656. The van der Waals surface area contributed by atoms with E-state index < -0.39 is 0 Å². The summed E-state index contributed by atoms with van der Waals surface area (Å²) in [5, 5.41) is 3.79. The van der Waals surface area contributed by atoms with Crippen molar-refractivity contribution in [3.8, 4) is 5.75 Å². The van der Waals surface area contributed by atoms with E-state index in [0.717, 1.165) is 24.5 Å². The molecule has 1 unspecified atom stereocenters. The maximum absolute atomic E-state index is 5.27. The molecule has 26 heavy (non-hydrogen) atoms. The van der Waals surface area contributed by atoms with Crippen molar-refractivity contribution >= 4 is 5.69 Å². The molecule has 1 atom stereocenters. The molecule has 1 aliphatic rings. The molecule has 2 heteroatoms. The molecule has 0 saturated heterocycles. The molecule has 0 aromatic heterocycles. The molecule has 1 saturated carbocycles. The number of allylic oxidation sites excluding steroid dienone is 1. The number of hydrogen-bond donors (Lipinski definition) is 1. The zero-order valence-electron chi connectivity index (χ0n) is 15.9. The number of hydrogen-bond acceptors (Lipinski definition) is 2. The molecule has 0 heterocycles. The Kier molecular flexibility index (Phi) is 7.18. The minimum Gasteiger partial charge on any atom is -0.497 e. The lowest BCUT2D eigenvalue weighted by Gasteiger charge is -2.31. The second-order valence-corrected chi connectivity index (χ2v) is 7.27. The summed E-state index contributed by atoms with van der Waals surface area (Å²) in [4.78, 5) is 0. The van der Waals surface area contributed by atoms with E-state index in [1.54, 1.807) is 7.11 Å². The van der Waals surface area contributed by atoms with Crippen LogP contribution in [0.15, 0.2) is 66.7 Å². The average molecular weight is 350 g/mol. The maximum Gasteiger partial charge on any atom is 0.119 e. The highest BCUT2D eigenvalue weighted by Crippen LogP contribution is 2.30. The normalized spacial score (nSPS) is 16.5. The van der Waals surface area contributed by atoms with Crippen LogP contribution in [0.25, 0.3) is 0 Å². The summed E-state index contributed by atoms with van der Waals surface area (Å²) in [7, 11) is 1.71. The highest BCUT2D eigenvalue weighted by atomic mass is 16.5. The van der Waals surface area contributed by atoms with Crippen molar-refractivity contribution in [2.24, 2.45) is 5.92 Å². The third kappa shape index (κ3) is 5.66. The number of ether oxygens (including phenoxy) is 1. The van der Waals surface area contributed by atoms with E-state index in [9.17, 15) is 0 Å². The molecule has 0 amide bonds. The Hall–Kier alpha value is -2.22. The quantitative estimate of drug-likeness (QED) is 0.569. The highest BCUT2D eigenvalue weighted by Gasteiger charge is 2.22. The van der Waals surface area contributed by atoms with Gasteiger partial charge in [-0.05, 0) is 61.4 Å². The van der Waals surface area contributed by atoms with Crippen molar-refractivity contribution in [1.82, 2.24) is 0 Å². The van der Waals surface area contributed by atoms with Gasteiger partial charge in [0.1, 0.15) is 5.75 Å². The van der Waals surface area contributed by atoms with Crippen LogP contribution in [0.4, 0.5) is 5.69 Å². The smallest absolute Gasteiger partial charge is 0.119 e. The molecular formula is C24H31NO. The minimum atomic E-state index is 0.510. The van der Waals surface area contributed by atoms with Crippen LogP contribution in [0, 0.1) is 5.92 Å². The van der Waals surface area contributed by atoms with Gasteiger partial charge in [0.2, 0.25) is 0 Å². The topological polar surface area (TPSA) is 21.3 Å². The van der Waals surface area contributed by atoms with Crippen LogP contribution < -0.4 is 10.1 Å². The zero-order chi connectivity index (χ0) is 18.0. The number of methoxy groups -OCH3 is 1. The lowest BCUT2D eigenvalue weighted by atomic mass is 9.82. The fraction of sp³-hybridized carbons (Fsp3) is 0.417. The van der Waals surface area contributed by atoms with Crippen LogP contribution in [-0.4, -0.2) is 13.2 Å². The Balaban J connectivity index is 1.60. The van der Waals surface area contributed by atoms with Gasteiger partial charge in [-0.3, -0.25) is 0 Å². The number of rotatable bonds is 8. The number of anilines is 1. The van der Waals surface area contributed by atoms with Crippen LogP contribution in [-0.2, 0) is 6.42 Å². The van der Waals surface area contributed by atoms with Gasteiger partial charge in [0.15, 0.2) is 0 Å². The van der Waals surface area contributed by atoms with Crippen LogP contribution in [0.3, 0.4) is 0 Å². The standard InChI is InChI=1S/C24H31NO/c1-26-23-18-16-22(17-19-23)25-24(21-13-6-3-7-14-21)15-9-8-12-20-10-4-2-5-11-20/h2,4-5,8-11,16-19,21,24-25H,3,6-7,12-15H2,1H3/b9-8+. The molecule has 3 rings (SSSR count). The molecule has 0 spiro atoms. The summed E-state index contributed by atoms with van der Waals surface area (Å²) in [6.45, 7) is 0. The second-order valence-electron chi connectivity index (χ2n) is 7.27. The lowest BCUT2D eigenvalue weighted by molar-refractivity contribution is 0.318. The van der Waals surface area contributed by atoms with Crippen LogP contribution in [0.5, 0.6) is 5.75 Å². The molecule has 0 aliphatic heterocycles. The van der Waals surface area contributed by atoms with Crippen molar-refractivity contribution in [1.29, 1.82) is 0 Å². The molecule has 1 N–H and O–H groups in total. The van der Waals surface area contributed by atoms with E-state index in [2.05, 4.69) is 59.9 Å². The lowest BCUT2D eigenvalue weighted by Crippen LogP contribution is -2.30. The van der Waals surface area contributed by atoms with Gasteiger partial charge < -0.3 is 10.1 Å². The van der Waals surface area contributed by atoms with Gasteiger partial charge >= 0.3 is 0 Å². The summed E-state index contributed by atoms with van der Waals surface area (Å²) in [6, 6.07) is 19.5. The third-order valence-corrected chi connectivity index (χ3v) is 5.41. The van der Waals surface area contributed by atoms with E-state index in [4.69, 9.17) is 4.74 Å².